The largest absolute Gasteiger partial charge is 0.494 e. The molecule has 1 heterocycles. The molecular weight excluding hydrogens is 317 g/mol. The summed E-state index contributed by atoms with van der Waals surface area (Å²) in [4.78, 5) is 12.7. The molecule has 0 spiro atoms. The lowest BCUT2D eigenvalue weighted by Gasteiger charge is -2.15. The predicted molar refractivity (Wildman–Crippen MR) is 97.8 cm³/mol. The Hall–Kier alpha value is -3.14. The Morgan fingerprint density at radius 3 is 2.08 bits per heavy atom. The van der Waals surface area contributed by atoms with Gasteiger partial charge in [-0.15, -0.1) is 0 Å². The smallest absolute Gasteiger partial charge is 0.197 e. The van der Waals surface area contributed by atoms with Crippen LogP contribution in [0.1, 0.15) is 5.56 Å². The van der Waals surface area contributed by atoms with Crippen molar-refractivity contribution in [2.45, 2.75) is 6.54 Å². The van der Waals surface area contributed by atoms with Gasteiger partial charge in [-0.05, 0) is 42.0 Å². The van der Waals surface area contributed by atoms with Crippen molar-refractivity contribution in [2.24, 2.45) is 0 Å². The van der Waals surface area contributed by atoms with Crippen molar-refractivity contribution in [3.63, 3.8) is 0 Å². The molecule has 25 heavy (non-hydrogen) atoms. The number of fused-ring (bicyclic) bond motifs is 2. The minimum atomic E-state index is -0.394. The first kappa shape index (κ1) is 15.4. The summed E-state index contributed by atoms with van der Waals surface area (Å²) >= 11 is 0. The van der Waals surface area contributed by atoms with Crippen molar-refractivity contribution >= 4 is 21.8 Å². The molecule has 3 aromatic carbocycles. The second-order valence-electron chi connectivity index (χ2n) is 5.92. The van der Waals surface area contributed by atoms with Gasteiger partial charge in [0.1, 0.15) is 0 Å². The second-order valence-corrected chi connectivity index (χ2v) is 5.92. The zero-order valence-electron chi connectivity index (χ0n) is 13.7. The number of hydrogen-bond acceptors (Lipinski definition) is 2. The molecule has 0 atom stereocenters. The topological polar surface area (TPSA) is 31.2 Å². The van der Waals surface area contributed by atoms with Crippen LogP contribution >= 0.6 is 0 Å². The van der Waals surface area contributed by atoms with Crippen LogP contribution in [0, 0.1) is 5.82 Å². The Morgan fingerprint density at radius 1 is 0.920 bits per heavy atom. The van der Waals surface area contributed by atoms with Crippen molar-refractivity contribution in [2.75, 3.05) is 7.11 Å². The third-order valence-electron chi connectivity index (χ3n) is 4.44. The molecule has 0 aliphatic carbocycles. The van der Waals surface area contributed by atoms with E-state index in [1.165, 1.54) is 13.2 Å². The Labute approximate surface area is 143 Å². The van der Waals surface area contributed by atoms with Crippen LogP contribution in [0.5, 0.6) is 5.75 Å². The first-order chi connectivity index (χ1) is 12.2. The maximum absolute atomic E-state index is 14.1. The molecule has 0 N–H and O–H groups in total. The normalized spacial score (nSPS) is 11.1. The zero-order chi connectivity index (χ0) is 17.4. The number of rotatable bonds is 3. The van der Waals surface area contributed by atoms with Gasteiger partial charge >= 0.3 is 0 Å². The van der Waals surface area contributed by atoms with Gasteiger partial charge in [0.15, 0.2) is 17.0 Å². The minimum absolute atomic E-state index is 0.0170. The number of para-hydroxylation sites is 2. The van der Waals surface area contributed by atoms with Crippen LogP contribution in [-0.4, -0.2) is 11.7 Å². The van der Waals surface area contributed by atoms with Gasteiger partial charge in [-0.3, -0.25) is 4.79 Å². The highest BCUT2D eigenvalue weighted by Crippen LogP contribution is 2.23. The summed E-state index contributed by atoms with van der Waals surface area (Å²) < 4.78 is 21.1. The Balaban J connectivity index is 1.98. The summed E-state index contributed by atoms with van der Waals surface area (Å²) in [5.74, 6) is -0.173. The van der Waals surface area contributed by atoms with Crippen LogP contribution in [0.15, 0.2) is 71.5 Å². The van der Waals surface area contributed by atoms with E-state index in [1.807, 2.05) is 59.2 Å². The van der Waals surface area contributed by atoms with Crippen LogP contribution in [0.4, 0.5) is 4.39 Å². The van der Waals surface area contributed by atoms with Gasteiger partial charge in [0.2, 0.25) is 0 Å². The van der Waals surface area contributed by atoms with E-state index in [9.17, 15) is 9.18 Å². The first-order valence-electron chi connectivity index (χ1n) is 8.02. The fraction of sp³-hybridized carbons (Fsp3) is 0.0952. The van der Waals surface area contributed by atoms with Crippen LogP contribution in [0.3, 0.4) is 0 Å². The van der Waals surface area contributed by atoms with Gasteiger partial charge in [0.05, 0.1) is 18.1 Å². The highest BCUT2D eigenvalue weighted by Gasteiger charge is 2.11. The molecule has 0 aliphatic heterocycles. The summed E-state index contributed by atoms with van der Waals surface area (Å²) in [5, 5.41) is 1.32. The number of methoxy groups -OCH3 is 1. The van der Waals surface area contributed by atoms with Crippen LogP contribution in [0.25, 0.3) is 21.8 Å². The molecule has 0 radical (unpaired) electrons. The third-order valence-corrected chi connectivity index (χ3v) is 4.44. The van der Waals surface area contributed by atoms with Crippen molar-refractivity contribution in [1.82, 2.24) is 4.57 Å². The lowest BCUT2D eigenvalue weighted by atomic mass is 10.1. The minimum Gasteiger partial charge on any atom is -0.494 e. The summed E-state index contributed by atoms with van der Waals surface area (Å²) in [7, 11) is 1.45. The van der Waals surface area contributed by atoms with Gasteiger partial charge in [-0.25, -0.2) is 4.39 Å². The fourth-order valence-electron chi connectivity index (χ4n) is 3.24. The van der Waals surface area contributed by atoms with Gasteiger partial charge in [0, 0.05) is 17.3 Å². The van der Waals surface area contributed by atoms with E-state index in [1.54, 1.807) is 6.07 Å². The third kappa shape index (κ3) is 2.56. The molecule has 0 amide bonds. The zero-order valence-corrected chi connectivity index (χ0v) is 13.7. The van der Waals surface area contributed by atoms with Gasteiger partial charge in [-0.2, -0.15) is 0 Å². The fourth-order valence-corrected chi connectivity index (χ4v) is 3.24. The lowest BCUT2D eigenvalue weighted by molar-refractivity contribution is 0.386. The molecule has 0 unspecified atom stereocenters. The van der Waals surface area contributed by atoms with Crippen molar-refractivity contribution in [3.05, 3.63) is 88.3 Å². The van der Waals surface area contributed by atoms with Gasteiger partial charge in [-0.1, -0.05) is 30.3 Å². The molecule has 4 rings (SSSR count). The number of benzene rings is 3. The molecule has 0 aliphatic rings. The highest BCUT2D eigenvalue weighted by molar-refractivity contribution is 5.93. The number of ether oxygens (including phenoxy) is 1. The summed E-state index contributed by atoms with van der Waals surface area (Å²) in [6, 6.07) is 20.0. The molecule has 1 aromatic heterocycles. The van der Waals surface area contributed by atoms with Gasteiger partial charge in [0.25, 0.3) is 0 Å². The van der Waals surface area contributed by atoms with Crippen molar-refractivity contribution in [1.29, 1.82) is 0 Å². The SMILES string of the molecule is COc1ccc(Cn2c3ccccc3c(=O)c3ccccc32)cc1F. The van der Waals surface area contributed by atoms with E-state index in [4.69, 9.17) is 4.74 Å². The van der Waals surface area contributed by atoms with Crippen molar-refractivity contribution < 1.29 is 9.13 Å². The lowest BCUT2D eigenvalue weighted by Crippen LogP contribution is -2.12. The number of aromatic nitrogens is 1. The van der Waals surface area contributed by atoms with E-state index in [0.717, 1.165) is 16.6 Å². The average molecular weight is 333 g/mol. The number of nitrogens with zero attached hydrogens (tertiary/aromatic N) is 1. The molecule has 0 saturated heterocycles. The monoisotopic (exact) mass is 333 g/mol. The molecule has 4 heteroatoms. The van der Waals surface area contributed by atoms with E-state index in [2.05, 4.69) is 0 Å². The summed E-state index contributed by atoms with van der Waals surface area (Å²) in [5.41, 5.74) is 2.49. The highest BCUT2D eigenvalue weighted by atomic mass is 19.1. The van der Waals surface area contributed by atoms with Crippen molar-refractivity contribution in [3.8, 4) is 5.75 Å². The van der Waals surface area contributed by atoms with Crippen LogP contribution < -0.4 is 10.2 Å². The number of pyridine rings is 1. The van der Waals surface area contributed by atoms with E-state index < -0.39 is 5.82 Å². The van der Waals surface area contributed by atoms with Crippen LogP contribution in [0.2, 0.25) is 0 Å². The average Bonchev–Trinajstić information content (AvgIpc) is 2.65. The maximum Gasteiger partial charge on any atom is 0.197 e. The quantitative estimate of drug-likeness (QED) is 0.522. The maximum atomic E-state index is 14.1. The number of hydrogen-bond donors (Lipinski definition) is 0. The number of halogens is 1. The van der Waals surface area contributed by atoms with Crippen LogP contribution in [-0.2, 0) is 6.54 Å². The Bertz CT molecular complexity index is 1090. The second kappa shape index (κ2) is 6.06. The molecule has 0 fully saturated rings. The predicted octanol–water partition coefficient (Wildman–Crippen LogP) is 4.35. The molecule has 124 valence electrons. The molecule has 3 nitrogen and oxygen atoms in total. The first-order valence-corrected chi connectivity index (χ1v) is 8.02. The van der Waals surface area contributed by atoms with E-state index >= 15 is 0 Å². The molecule has 4 aromatic rings. The Kier molecular flexibility index (Phi) is 3.73. The standard InChI is InChI=1S/C21H16FNO2/c1-25-20-11-10-14(12-17(20)22)13-23-18-8-4-2-6-15(18)21(24)16-7-3-5-9-19(16)23/h2-12H,13H2,1H3. The Morgan fingerprint density at radius 2 is 1.52 bits per heavy atom. The summed E-state index contributed by atoms with van der Waals surface area (Å²) in [6.07, 6.45) is 0. The summed E-state index contributed by atoms with van der Waals surface area (Å²) in [6.45, 7) is 0.461. The molecule has 0 bridgehead atoms. The van der Waals surface area contributed by atoms with Gasteiger partial charge < -0.3 is 9.30 Å². The van der Waals surface area contributed by atoms with E-state index in [-0.39, 0.29) is 11.2 Å². The molecule has 0 saturated carbocycles. The molecular formula is C21H16FNO2. The van der Waals surface area contributed by atoms with E-state index in [0.29, 0.717) is 17.3 Å².